The molecule has 0 aliphatic carbocycles. The Bertz CT molecular complexity index is 241. The van der Waals surface area contributed by atoms with Gasteiger partial charge in [0, 0.05) is 5.94 Å². The Morgan fingerprint density at radius 1 is 1.23 bits per heavy atom. The topological polar surface area (TPSA) is 66.5 Å². The standard InChI is InChI=1S/C9H14BNO2/c11-9(10(12)13)7-6-8-4-2-1-3-5-8/h1-5,9,12-13H,6-7,11H2/t9-/m1/s1. The molecule has 0 aliphatic heterocycles. The molecule has 13 heavy (non-hydrogen) atoms. The van der Waals surface area contributed by atoms with E-state index in [-0.39, 0.29) is 0 Å². The third kappa shape index (κ3) is 3.59. The van der Waals surface area contributed by atoms with E-state index in [4.69, 9.17) is 15.8 Å². The number of aryl methyl sites for hydroxylation is 1. The van der Waals surface area contributed by atoms with Crippen LogP contribution in [0.4, 0.5) is 0 Å². The molecule has 4 N–H and O–H groups in total. The van der Waals surface area contributed by atoms with Crippen LogP contribution in [0.3, 0.4) is 0 Å². The molecule has 0 saturated heterocycles. The molecule has 1 aromatic rings. The predicted molar refractivity (Wildman–Crippen MR) is 52.9 cm³/mol. The molecule has 3 nitrogen and oxygen atoms in total. The predicted octanol–water partition coefficient (Wildman–Crippen LogP) is -0.0415. The first kappa shape index (κ1) is 10.2. The summed E-state index contributed by atoms with van der Waals surface area (Å²) in [6, 6.07) is 9.85. The van der Waals surface area contributed by atoms with E-state index in [9.17, 15) is 0 Å². The minimum atomic E-state index is -1.41. The van der Waals surface area contributed by atoms with Crippen molar-refractivity contribution in [3.8, 4) is 0 Å². The van der Waals surface area contributed by atoms with Crippen molar-refractivity contribution in [1.29, 1.82) is 0 Å². The van der Waals surface area contributed by atoms with Crippen LogP contribution in [0, 0.1) is 0 Å². The summed E-state index contributed by atoms with van der Waals surface area (Å²) < 4.78 is 0. The molecule has 0 heterocycles. The van der Waals surface area contributed by atoms with E-state index in [1.165, 1.54) is 5.56 Å². The Morgan fingerprint density at radius 3 is 2.38 bits per heavy atom. The van der Waals surface area contributed by atoms with Gasteiger partial charge in [-0.3, -0.25) is 0 Å². The van der Waals surface area contributed by atoms with Gasteiger partial charge in [0.2, 0.25) is 0 Å². The maximum atomic E-state index is 8.73. The van der Waals surface area contributed by atoms with E-state index < -0.39 is 13.1 Å². The molecule has 4 heteroatoms. The van der Waals surface area contributed by atoms with E-state index in [0.717, 1.165) is 6.42 Å². The number of hydrogen-bond donors (Lipinski definition) is 3. The van der Waals surface area contributed by atoms with Crippen LogP contribution in [0.25, 0.3) is 0 Å². The van der Waals surface area contributed by atoms with Crippen LogP contribution in [0.5, 0.6) is 0 Å². The Morgan fingerprint density at radius 2 is 1.85 bits per heavy atom. The summed E-state index contributed by atoms with van der Waals surface area (Å²) in [5, 5.41) is 17.5. The van der Waals surface area contributed by atoms with E-state index >= 15 is 0 Å². The van der Waals surface area contributed by atoms with E-state index in [1.54, 1.807) is 0 Å². The molecule has 0 aromatic heterocycles. The normalized spacial score (nSPS) is 12.5. The van der Waals surface area contributed by atoms with Crippen molar-refractivity contribution >= 4 is 7.12 Å². The molecular weight excluding hydrogens is 165 g/mol. The number of nitrogens with two attached hydrogens (primary N) is 1. The number of hydrogen-bond acceptors (Lipinski definition) is 3. The monoisotopic (exact) mass is 179 g/mol. The average Bonchev–Trinajstić information content (AvgIpc) is 2.15. The fraction of sp³-hybridized carbons (Fsp3) is 0.333. The summed E-state index contributed by atoms with van der Waals surface area (Å²) in [7, 11) is -1.41. The van der Waals surface area contributed by atoms with Crippen molar-refractivity contribution in [2.24, 2.45) is 5.73 Å². The number of rotatable bonds is 4. The maximum absolute atomic E-state index is 8.73. The van der Waals surface area contributed by atoms with Gasteiger partial charge in [-0.25, -0.2) is 0 Å². The van der Waals surface area contributed by atoms with Gasteiger partial charge < -0.3 is 15.8 Å². The molecule has 0 unspecified atom stereocenters. The Labute approximate surface area is 78.3 Å². The lowest BCUT2D eigenvalue weighted by Crippen LogP contribution is -2.39. The zero-order chi connectivity index (χ0) is 9.68. The van der Waals surface area contributed by atoms with Crippen LogP contribution in [0.1, 0.15) is 12.0 Å². The lowest BCUT2D eigenvalue weighted by molar-refractivity contribution is 0.382. The van der Waals surface area contributed by atoms with E-state index in [0.29, 0.717) is 6.42 Å². The summed E-state index contributed by atoms with van der Waals surface area (Å²) in [5.74, 6) is -0.555. The summed E-state index contributed by atoms with van der Waals surface area (Å²) >= 11 is 0. The fourth-order valence-corrected chi connectivity index (χ4v) is 1.13. The molecule has 0 fully saturated rings. The SMILES string of the molecule is N[C@H](CCc1ccccc1)B(O)O. The largest absolute Gasteiger partial charge is 0.469 e. The highest BCUT2D eigenvalue weighted by Gasteiger charge is 2.17. The molecule has 1 atom stereocenters. The molecule has 0 saturated carbocycles. The second kappa shape index (κ2) is 5.02. The number of benzene rings is 1. The van der Waals surface area contributed by atoms with Gasteiger partial charge >= 0.3 is 7.12 Å². The second-order valence-electron chi connectivity index (χ2n) is 3.10. The van der Waals surface area contributed by atoms with Crippen molar-refractivity contribution in [3.63, 3.8) is 0 Å². The van der Waals surface area contributed by atoms with Gasteiger partial charge in [0.05, 0.1) is 0 Å². The lowest BCUT2D eigenvalue weighted by atomic mass is 9.77. The minimum absolute atomic E-state index is 0.555. The minimum Gasteiger partial charge on any atom is -0.426 e. The molecular formula is C9H14BNO2. The van der Waals surface area contributed by atoms with Gasteiger partial charge in [-0.05, 0) is 18.4 Å². The highest BCUT2D eigenvalue weighted by atomic mass is 16.4. The first-order valence-electron chi connectivity index (χ1n) is 4.36. The van der Waals surface area contributed by atoms with Crippen LogP contribution in [0.2, 0.25) is 0 Å². The summed E-state index contributed by atoms with van der Waals surface area (Å²) in [6.07, 6.45) is 1.36. The van der Waals surface area contributed by atoms with Crippen LogP contribution in [-0.4, -0.2) is 23.1 Å². The van der Waals surface area contributed by atoms with Gasteiger partial charge in [0.25, 0.3) is 0 Å². The molecule has 0 aliphatic rings. The lowest BCUT2D eigenvalue weighted by Gasteiger charge is -2.09. The summed E-state index contributed by atoms with van der Waals surface area (Å²) in [5.41, 5.74) is 6.63. The molecule has 0 bridgehead atoms. The van der Waals surface area contributed by atoms with Crippen molar-refractivity contribution in [3.05, 3.63) is 35.9 Å². The van der Waals surface area contributed by atoms with Gasteiger partial charge in [-0.1, -0.05) is 30.3 Å². The maximum Gasteiger partial charge on any atom is 0.469 e. The molecule has 1 aromatic carbocycles. The third-order valence-electron chi connectivity index (χ3n) is 1.99. The molecule has 0 amide bonds. The second-order valence-corrected chi connectivity index (χ2v) is 3.10. The molecule has 0 spiro atoms. The van der Waals surface area contributed by atoms with Crippen LogP contribution in [-0.2, 0) is 6.42 Å². The highest BCUT2D eigenvalue weighted by molar-refractivity contribution is 6.43. The van der Waals surface area contributed by atoms with Gasteiger partial charge in [-0.2, -0.15) is 0 Å². The van der Waals surface area contributed by atoms with Crippen molar-refractivity contribution in [1.82, 2.24) is 0 Å². The first-order valence-corrected chi connectivity index (χ1v) is 4.36. The van der Waals surface area contributed by atoms with Gasteiger partial charge in [0.15, 0.2) is 0 Å². The summed E-state index contributed by atoms with van der Waals surface area (Å²) in [4.78, 5) is 0. The fourth-order valence-electron chi connectivity index (χ4n) is 1.13. The third-order valence-corrected chi connectivity index (χ3v) is 1.99. The van der Waals surface area contributed by atoms with E-state index in [2.05, 4.69) is 0 Å². The van der Waals surface area contributed by atoms with Crippen LogP contribution >= 0.6 is 0 Å². The zero-order valence-electron chi connectivity index (χ0n) is 7.43. The summed E-state index contributed by atoms with van der Waals surface area (Å²) in [6.45, 7) is 0. The van der Waals surface area contributed by atoms with Gasteiger partial charge in [0.1, 0.15) is 0 Å². The quantitative estimate of drug-likeness (QED) is 0.568. The Hall–Kier alpha value is -0.835. The zero-order valence-corrected chi connectivity index (χ0v) is 7.43. The molecule has 0 radical (unpaired) electrons. The van der Waals surface area contributed by atoms with Crippen LogP contribution < -0.4 is 5.73 Å². The Balaban J connectivity index is 2.35. The van der Waals surface area contributed by atoms with Crippen molar-refractivity contribution in [2.45, 2.75) is 18.8 Å². The highest BCUT2D eigenvalue weighted by Crippen LogP contribution is 2.04. The molecule has 70 valence electrons. The molecule has 1 rings (SSSR count). The first-order chi connectivity index (χ1) is 6.20. The van der Waals surface area contributed by atoms with E-state index in [1.807, 2.05) is 30.3 Å². The van der Waals surface area contributed by atoms with Crippen LogP contribution in [0.15, 0.2) is 30.3 Å². The smallest absolute Gasteiger partial charge is 0.426 e. The van der Waals surface area contributed by atoms with Gasteiger partial charge in [-0.15, -0.1) is 0 Å². The van der Waals surface area contributed by atoms with Crippen molar-refractivity contribution < 1.29 is 10.0 Å². The average molecular weight is 179 g/mol. The Kier molecular flexibility index (Phi) is 3.95. The van der Waals surface area contributed by atoms with Crippen molar-refractivity contribution in [2.75, 3.05) is 0 Å².